The van der Waals surface area contributed by atoms with Crippen LogP contribution in [0.1, 0.15) is 117 Å². The maximum Gasteiger partial charge on any atom is 0.308 e. The highest BCUT2D eigenvalue weighted by molar-refractivity contribution is 6.01. The van der Waals surface area contributed by atoms with Gasteiger partial charge in [0, 0.05) is 37.8 Å². The molecule has 0 unspecified atom stereocenters. The van der Waals surface area contributed by atoms with E-state index in [1.54, 1.807) is 73.8 Å². The Morgan fingerprint density at radius 3 is 1.61 bits per heavy atom. The summed E-state index contributed by atoms with van der Waals surface area (Å²) in [5.41, 5.74) is 6.82. The lowest BCUT2D eigenvalue weighted by Crippen LogP contribution is -2.12. The fourth-order valence-corrected chi connectivity index (χ4v) is 6.66. The van der Waals surface area contributed by atoms with Crippen molar-refractivity contribution in [3.8, 4) is 40.2 Å². The summed E-state index contributed by atoms with van der Waals surface area (Å²) >= 11 is 0. The predicted octanol–water partition coefficient (Wildman–Crippen LogP) is 11.4. The molecule has 0 bridgehead atoms. The van der Waals surface area contributed by atoms with Gasteiger partial charge in [0.15, 0.2) is 23.1 Å². The Morgan fingerprint density at radius 2 is 1.05 bits per heavy atom. The number of phenols is 1. The highest BCUT2D eigenvalue weighted by Gasteiger charge is 2.24. The van der Waals surface area contributed by atoms with Crippen molar-refractivity contribution < 1.29 is 48.0 Å². The Labute approximate surface area is 359 Å². The number of aromatic hydroxyl groups is 1. The largest absolute Gasteiger partial charge is 0.508 e. The molecule has 1 N–H and O–H groups in total. The number of phenolic OH excluding ortho intramolecular Hbond substituents is 1. The van der Waals surface area contributed by atoms with Crippen LogP contribution in [0.15, 0.2) is 102 Å². The number of esters is 2. The Bertz CT molecular complexity index is 2300. The lowest BCUT2D eigenvalue weighted by atomic mass is 9.96. The number of hydrogen-bond donors (Lipinski definition) is 1. The molecule has 0 saturated heterocycles. The monoisotopic (exact) mass is 830 g/mol. The van der Waals surface area contributed by atoms with Gasteiger partial charge in [-0.3, -0.25) is 19.2 Å². The van der Waals surface area contributed by atoms with Crippen LogP contribution < -0.4 is 23.7 Å². The molecule has 0 spiro atoms. The first kappa shape index (κ1) is 47.3. The minimum atomic E-state index is -0.569. The van der Waals surface area contributed by atoms with Gasteiger partial charge in [0.25, 0.3) is 0 Å². The van der Waals surface area contributed by atoms with Crippen LogP contribution in [0.4, 0.5) is 0 Å². The number of methoxy groups -OCH3 is 2. The van der Waals surface area contributed by atoms with Gasteiger partial charge in [0.05, 0.1) is 25.3 Å². The van der Waals surface area contributed by atoms with Crippen LogP contribution in [0.3, 0.4) is 0 Å². The molecule has 10 heteroatoms. The lowest BCUT2D eigenvalue weighted by Gasteiger charge is -2.20. The standard InChI is InChI=1S/C51H58O10/c1-32(2)11-10-12-34(5)14-23-43-47(58-9)30-25-41(44(55)26-17-37-15-20-39(54)21-16-37)51(43)61-49-31-38(19-28-48(49)59-35(6)52)18-27-45(56)40-24-29-46(57-8)42(22-13-33(3)4)50(40)60-36(7)53/h11,13-16,19-21,24-25,28-31,54H,10,12,17-18,22-23,26-27H2,1-9H3/b34-14+. The third-order valence-corrected chi connectivity index (χ3v) is 9.87. The second-order valence-corrected chi connectivity index (χ2v) is 15.4. The number of rotatable bonds is 21. The quantitative estimate of drug-likeness (QED) is 0.0374. The van der Waals surface area contributed by atoms with Gasteiger partial charge in [-0.25, -0.2) is 0 Å². The molecule has 0 aliphatic heterocycles. The zero-order valence-electron chi connectivity index (χ0n) is 36.9. The maximum absolute atomic E-state index is 14.1. The van der Waals surface area contributed by atoms with Crippen LogP contribution >= 0.6 is 0 Å². The smallest absolute Gasteiger partial charge is 0.308 e. The van der Waals surface area contributed by atoms with E-state index in [9.17, 15) is 24.3 Å². The first-order valence-corrected chi connectivity index (χ1v) is 20.4. The van der Waals surface area contributed by atoms with Crippen LogP contribution in [0, 0.1) is 0 Å². The number of carbonyl (C=O) groups is 4. The number of ether oxygens (including phenoxy) is 5. The van der Waals surface area contributed by atoms with Gasteiger partial charge in [0.2, 0.25) is 0 Å². The van der Waals surface area contributed by atoms with Crippen LogP contribution in [0.2, 0.25) is 0 Å². The van der Waals surface area contributed by atoms with Crippen molar-refractivity contribution in [3.05, 3.63) is 135 Å². The van der Waals surface area contributed by atoms with E-state index in [0.717, 1.165) is 29.6 Å². The average molecular weight is 831 g/mol. The van der Waals surface area contributed by atoms with Gasteiger partial charge in [-0.1, -0.05) is 53.1 Å². The van der Waals surface area contributed by atoms with Gasteiger partial charge in [-0.15, -0.1) is 0 Å². The normalized spacial score (nSPS) is 11.0. The lowest BCUT2D eigenvalue weighted by molar-refractivity contribution is -0.132. The molecule has 4 rings (SSSR count). The van der Waals surface area contributed by atoms with E-state index >= 15 is 0 Å². The van der Waals surface area contributed by atoms with Crippen molar-refractivity contribution in [2.45, 2.75) is 99.8 Å². The van der Waals surface area contributed by atoms with Crippen LogP contribution in [0.5, 0.6) is 40.2 Å². The summed E-state index contributed by atoms with van der Waals surface area (Å²) in [4.78, 5) is 52.6. The summed E-state index contributed by atoms with van der Waals surface area (Å²) < 4.78 is 29.4. The molecule has 0 heterocycles. The summed E-state index contributed by atoms with van der Waals surface area (Å²) in [5.74, 6) is 0.306. The van der Waals surface area contributed by atoms with Gasteiger partial charge in [0.1, 0.15) is 28.7 Å². The molecule has 4 aromatic carbocycles. The van der Waals surface area contributed by atoms with E-state index in [1.807, 2.05) is 19.9 Å². The number of ketones is 2. The fourth-order valence-electron chi connectivity index (χ4n) is 6.66. The number of allylic oxidation sites excluding steroid dienone is 6. The number of hydrogen-bond acceptors (Lipinski definition) is 10. The molecule has 0 aromatic heterocycles. The van der Waals surface area contributed by atoms with E-state index < -0.39 is 11.9 Å². The Hall–Kier alpha value is -6.42. The van der Waals surface area contributed by atoms with E-state index in [1.165, 1.54) is 26.5 Å². The van der Waals surface area contributed by atoms with Crippen molar-refractivity contribution in [3.63, 3.8) is 0 Å². The number of aryl methyl sites for hydroxylation is 2. The highest BCUT2D eigenvalue weighted by atomic mass is 16.6. The molecule has 322 valence electrons. The second kappa shape index (κ2) is 22.8. The predicted molar refractivity (Wildman–Crippen MR) is 238 cm³/mol. The van der Waals surface area contributed by atoms with E-state index in [-0.39, 0.29) is 65.1 Å². The van der Waals surface area contributed by atoms with Crippen LogP contribution in [-0.2, 0) is 35.3 Å². The maximum atomic E-state index is 14.1. The Morgan fingerprint density at radius 1 is 0.541 bits per heavy atom. The molecule has 61 heavy (non-hydrogen) atoms. The van der Waals surface area contributed by atoms with Crippen molar-refractivity contribution >= 4 is 23.5 Å². The highest BCUT2D eigenvalue weighted by Crippen LogP contribution is 2.41. The molecule has 0 amide bonds. The molecular weight excluding hydrogens is 773 g/mol. The van der Waals surface area contributed by atoms with E-state index in [4.69, 9.17) is 23.7 Å². The first-order valence-electron chi connectivity index (χ1n) is 20.4. The zero-order chi connectivity index (χ0) is 44.6. The summed E-state index contributed by atoms with van der Waals surface area (Å²) in [7, 11) is 3.08. The summed E-state index contributed by atoms with van der Waals surface area (Å²) in [6.45, 7) is 12.7. The van der Waals surface area contributed by atoms with Crippen LogP contribution in [-0.4, -0.2) is 42.8 Å². The molecule has 0 atom stereocenters. The summed E-state index contributed by atoms with van der Waals surface area (Å²) in [6.07, 6.45) is 9.65. The molecule has 0 saturated carbocycles. The number of Topliss-reactive ketones (excluding diaryl/α,β-unsaturated/α-hetero) is 2. The van der Waals surface area contributed by atoms with Gasteiger partial charge in [-0.05, 0) is 133 Å². The minimum absolute atomic E-state index is 0.0389. The molecule has 4 aromatic rings. The molecule has 10 nitrogen and oxygen atoms in total. The molecule has 0 aliphatic rings. The van der Waals surface area contributed by atoms with Gasteiger partial charge < -0.3 is 28.8 Å². The fraction of sp³-hybridized carbons (Fsp3) is 0.333. The van der Waals surface area contributed by atoms with Crippen molar-refractivity contribution in [2.24, 2.45) is 0 Å². The number of carbonyl (C=O) groups excluding carboxylic acids is 4. The average Bonchev–Trinajstić information content (AvgIpc) is 3.21. The molecule has 0 radical (unpaired) electrons. The second-order valence-electron chi connectivity index (χ2n) is 15.4. The third-order valence-electron chi connectivity index (χ3n) is 9.87. The molecule has 0 aliphatic carbocycles. The molecule has 0 fully saturated rings. The van der Waals surface area contributed by atoms with Gasteiger partial charge in [-0.2, -0.15) is 0 Å². The van der Waals surface area contributed by atoms with E-state index in [2.05, 4.69) is 32.9 Å². The van der Waals surface area contributed by atoms with Gasteiger partial charge >= 0.3 is 11.9 Å². The summed E-state index contributed by atoms with van der Waals surface area (Å²) in [5, 5.41) is 9.77. The Kier molecular flexibility index (Phi) is 17.7. The zero-order valence-corrected chi connectivity index (χ0v) is 36.9. The SMILES string of the molecule is COc1ccc(C(=O)CCc2ccc(OC(C)=O)c(Oc3c(C(=O)CCc4ccc(O)cc4)ccc(OC)c3C/C=C(\C)CCC=C(C)C)c2)c(OC(C)=O)c1CC=C(C)C. The van der Waals surface area contributed by atoms with Crippen LogP contribution in [0.25, 0.3) is 0 Å². The van der Waals surface area contributed by atoms with Crippen molar-refractivity contribution in [1.29, 1.82) is 0 Å². The topological polar surface area (TPSA) is 135 Å². The minimum Gasteiger partial charge on any atom is -0.508 e. The Balaban J connectivity index is 1.76. The summed E-state index contributed by atoms with van der Waals surface area (Å²) in [6, 6.07) is 18.5. The van der Waals surface area contributed by atoms with Crippen molar-refractivity contribution in [1.82, 2.24) is 0 Å². The first-order chi connectivity index (χ1) is 29.1. The van der Waals surface area contributed by atoms with E-state index in [0.29, 0.717) is 53.0 Å². The third kappa shape index (κ3) is 14.1. The van der Waals surface area contributed by atoms with Crippen molar-refractivity contribution in [2.75, 3.05) is 14.2 Å². The molecular formula is C51H58O10. The number of benzene rings is 4.